The molecule has 154 valence electrons. The van der Waals surface area contributed by atoms with Gasteiger partial charge in [-0.1, -0.05) is 48.5 Å². The lowest BCUT2D eigenvalue weighted by atomic mass is 10.1. The highest BCUT2D eigenvalue weighted by Crippen LogP contribution is 2.21. The Morgan fingerprint density at radius 3 is 2.19 bits per heavy atom. The number of rotatable bonds is 5. The third-order valence-electron chi connectivity index (χ3n) is 4.76. The van der Waals surface area contributed by atoms with Gasteiger partial charge < -0.3 is 0 Å². The summed E-state index contributed by atoms with van der Waals surface area (Å²) in [5.74, 6) is -0.774. The monoisotopic (exact) mass is 414 g/mol. The van der Waals surface area contributed by atoms with Crippen molar-refractivity contribution in [2.45, 2.75) is 6.92 Å². The fourth-order valence-corrected chi connectivity index (χ4v) is 3.20. The molecule has 3 aromatic carbocycles. The summed E-state index contributed by atoms with van der Waals surface area (Å²) in [5, 5.41) is 7.25. The molecule has 0 fully saturated rings. The van der Waals surface area contributed by atoms with Crippen LogP contribution >= 0.6 is 0 Å². The lowest BCUT2D eigenvalue weighted by Crippen LogP contribution is -2.23. The highest BCUT2D eigenvalue weighted by Gasteiger charge is 2.19. The first-order valence-corrected chi connectivity index (χ1v) is 9.61. The van der Waals surface area contributed by atoms with Crippen LogP contribution in [0.4, 0.5) is 4.39 Å². The molecule has 4 aromatic rings. The van der Waals surface area contributed by atoms with Gasteiger partial charge in [0.1, 0.15) is 5.82 Å². The van der Waals surface area contributed by atoms with E-state index in [1.807, 2.05) is 36.4 Å². The van der Waals surface area contributed by atoms with E-state index < -0.39 is 5.82 Å². The Labute approximate surface area is 177 Å². The van der Waals surface area contributed by atoms with Gasteiger partial charge in [-0.05, 0) is 43.3 Å². The number of amides is 1. The van der Waals surface area contributed by atoms with E-state index in [2.05, 4.69) is 15.6 Å². The molecule has 7 heteroatoms. The van der Waals surface area contributed by atoms with Crippen LogP contribution in [0, 0.1) is 5.82 Å². The maximum atomic E-state index is 13.3. The van der Waals surface area contributed by atoms with Crippen molar-refractivity contribution in [1.82, 2.24) is 15.2 Å². The van der Waals surface area contributed by atoms with Gasteiger partial charge >= 0.3 is 0 Å². The highest BCUT2D eigenvalue weighted by molar-refractivity contribution is 6.04. The molecule has 4 rings (SSSR count). The molecule has 0 aliphatic heterocycles. The molecule has 6 nitrogen and oxygen atoms in total. The second-order valence-corrected chi connectivity index (χ2v) is 6.85. The molecule has 1 heterocycles. The maximum Gasteiger partial charge on any atom is 0.281 e. The van der Waals surface area contributed by atoms with Crippen LogP contribution in [-0.4, -0.2) is 21.4 Å². The van der Waals surface area contributed by atoms with Crippen LogP contribution in [0.15, 0.2) is 94.8 Å². The second-order valence-electron chi connectivity index (χ2n) is 6.85. The summed E-state index contributed by atoms with van der Waals surface area (Å²) < 4.78 is 14.7. The van der Waals surface area contributed by atoms with Gasteiger partial charge in [-0.2, -0.15) is 5.10 Å². The summed E-state index contributed by atoms with van der Waals surface area (Å²) in [6.45, 7) is 1.65. The predicted octanol–water partition coefficient (Wildman–Crippen LogP) is 4.13. The molecule has 0 radical (unpaired) electrons. The van der Waals surface area contributed by atoms with E-state index in [1.54, 1.807) is 31.2 Å². The number of nitrogens with zero attached hydrogens (tertiary/aromatic N) is 2. The molecular formula is C24H19FN4O2. The largest absolute Gasteiger partial charge is 0.290 e. The SMILES string of the molecule is CC(=NNC(=O)c1ccccc1)c1c(-c2ccccc2)[nH]n(-c2ccc(F)cc2)c1=O. The summed E-state index contributed by atoms with van der Waals surface area (Å²) in [5.41, 5.74) is 5.05. The number of hydrazone groups is 1. The van der Waals surface area contributed by atoms with E-state index in [0.29, 0.717) is 28.2 Å². The summed E-state index contributed by atoms with van der Waals surface area (Å²) in [7, 11) is 0. The van der Waals surface area contributed by atoms with Gasteiger partial charge in [0.15, 0.2) is 0 Å². The van der Waals surface area contributed by atoms with E-state index in [9.17, 15) is 14.0 Å². The van der Waals surface area contributed by atoms with E-state index in [1.165, 1.54) is 28.9 Å². The minimum absolute atomic E-state index is 0.309. The van der Waals surface area contributed by atoms with Crippen molar-refractivity contribution >= 4 is 11.6 Å². The molecule has 0 atom stereocenters. The number of carbonyl (C=O) groups excluding carboxylic acids is 1. The first-order valence-electron chi connectivity index (χ1n) is 9.61. The van der Waals surface area contributed by atoms with Crippen LogP contribution in [0.1, 0.15) is 22.8 Å². The Kier molecular flexibility index (Phi) is 5.57. The van der Waals surface area contributed by atoms with Crippen molar-refractivity contribution in [3.8, 4) is 16.9 Å². The van der Waals surface area contributed by atoms with Gasteiger partial charge in [-0.3, -0.25) is 14.7 Å². The van der Waals surface area contributed by atoms with Crippen LogP contribution < -0.4 is 11.0 Å². The molecule has 0 saturated carbocycles. The summed E-state index contributed by atoms with van der Waals surface area (Å²) >= 11 is 0. The number of aromatic amines is 1. The molecule has 2 N–H and O–H groups in total. The molecule has 1 amide bonds. The minimum Gasteiger partial charge on any atom is -0.290 e. The Bertz CT molecular complexity index is 1290. The Morgan fingerprint density at radius 2 is 1.55 bits per heavy atom. The Hall–Kier alpha value is -4.26. The van der Waals surface area contributed by atoms with Crippen LogP contribution in [0.5, 0.6) is 0 Å². The van der Waals surface area contributed by atoms with Crippen LogP contribution in [0.2, 0.25) is 0 Å². The molecule has 31 heavy (non-hydrogen) atoms. The highest BCUT2D eigenvalue weighted by atomic mass is 19.1. The molecular weight excluding hydrogens is 395 g/mol. The van der Waals surface area contributed by atoms with Crippen molar-refractivity contribution in [2.24, 2.45) is 5.10 Å². The fraction of sp³-hybridized carbons (Fsp3) is 0.0417. The summed E-state index contributed by atoms with van der Waals surface area (Å²) in [6, 6.07) is 23.6. The van der Waals surface area contributed by atoms with Gasteiger partial charge in [0.25, 0.3) is 11.5 Å². The zero-order valence-corrected chi connectivity index (χ0v) is 16.7. The van der Waals surface area contributed by atoms with Crippen molar-refractivity contribution in [2.75, 3.05) is 0 Å². The van der Waals surface area contributed by atoms with E-state index >= 15 is 0 Å². The smallest absolute Gasteiger partial charge is 0.281 e. The number of halogens is 1. The van der Waals surface area contributed by atoms with Gasteiger partial charge in [0.05, 0.1) is 22.7 Å². The third kappa shape index (κ3) is 4.20. The molecule has 0 unspecified atom stereocenters. The number of carbonyl (C=O) groups is 1. The van der Waals surface area contributed by atoms with Crippen LogP contribution in [0.25, 0.3) is 16.9 Å². The number of H-pyrrole nitrogens is 1. The Morgan fingerprint density at radius 1 is 0.935 bits per heavy atom. The van der Waals surface area contributed by atoms with Crippen molar-refractivity contribution < 1.29 is 9.18 Å². The molecule has 1 aromatic heterocycles. The molecule has 0 bridgehead atoms. The zero-order valence-electron chi connectivity index (χ0n) is 16.7. The number of hydrogen-bond donors (Lipinski definition) is 2. The van der Waals surface area contributed by atoms with Crippen molar-refractivity contribution in [3.05, 3.63) is 112 Å². The van der Waals surface area contributed by atoms with E-state index in [-0.39, 0.29) is 11.5 Å². The Balaban J connectivity index is 1.77. The third-order valence-corrected chi connectivity index (χ3v) is 4.76. The standard InChI is InChI=1S/C24H19FN4O2/c1-16(26-27-23(30)18-10-6-3-7-11-18)21-22(17-8-4-2-5-9-17)28-29(24(21)31)20-14-12-19(25)13-15-20/h2-15,28H,1H3,(H,27,30). The summed E-state index contributed by atoms with van der Waals surface area (Å²) in [4.78, 5) is 25.6. The molecule has 0 aliphatic carbocycles. The van der Waals surface area contributed by atoms with Crippen LogP contribution in [-0.2, 0) is 0 Å². The quantitative estimate of drug-likeness (QED) is 0.381. The topological polar surface area (TPSA) is 79.2 Å². The lowest BCUT2D eigenvalue weighted by molar-refractivity contribution is 0.0955. The van der Waals surface area contributed by atoms with Gasteiger partial charge in [-0.25, -0.2) is 14.5 Å². The first kappa shape index (κ1) is 20.0. The average Bonchev–Trinajstić information content (AvgIpc) is 3.16. The second kappa shape index (κ2) is 8.62. The molecule has 0 spiro atoms. The maximum absolute atomic E-state index is 13.3. The van der Waals surface area contributed by atoms with Gasteiger partial charge in [0.2, 0.25) is 0 Å². The van der Waals surface area contributed by atoms with Crippen molar-refractivity contribution in [3.63, 3.8) is 0 Å². The number of nitrogens with one attached hydrogen (secondary N) is 2. The minimum atomic E-state index is -0.395. The zero-order chi connectivity index (χ0) is 21.8. The molecule has 0 saturated heterocycles. The van der Waals surface area contributed by atoms with Crippen molar-refractivity contribution in [1.29, 1.82) is 0 Å². The van der Waals surface area contributed by atoms with E-state index in [0.717, 1.165) is 5.56 Å². The molecule has 0 aliphatic rings. The number of hydrogen-bond acceptors (Lipinski definition) is 3. The summed E-state index contributed by atoms with van der Waals surface area (Å²) in [6.07, 6.45) is 0. The first-order chi connectivity index (χ1) is 15.0. The van der Waals surface area contributed by atoms with Gasteiger partial charge in [-0.15, -0.1) is 0 Å². The van der Waals surface area contributed by atoms with Crippen LogP contribution in [0.3, 0.4) is 0 Å². The number of benzene rings is 3. The number of aromatic nitrogens is 2. The average molecular weight is 414 g/mol. The van der Waals surface area contributed by atoms with Gasteiger partial charge in [0, 0.05) is 11.1 Å². The normalized spacial score (nSPS) is 11.4. The fourth-order valence-electron chi connectivity index (χ4n) is 3.20. The lowest BCUT2D eigenvalue weighted by Gasteiger charge is -2.04. The predicted molar refractivity (Wildman–Crippen MR) is 118 cm³/mol. The van der Waals surface area contributed by atoms with E-state index in [4.69, 9.17) is 0 Å².